The van der Waals surface area contributed by atoms with Crippen LogP contribution in [-0.4, -0.2) is 75.0 Å². The van der Waals surface area contributed by atoms with E-state index in [2.05, 4.69) is 15.3 Å². The van der Waals surface area contributed by atoms with Gasteiger partial charge in [0, 0.05) is 41.5 Å². The minimum Gasteiger partial charge on any atom is -0.442 e. The fourth-order valence-corrected chi connectivity index (χ4v) is 5.11. The van der Waals surface area contributed by atoms with E-state index in [4.69, 9.17) is 19.4 Å². The second-order valence-corrected chi connectivity index (χ2v) is 11.7. The number of anilines is 2. The predicted octanol–water partition coefficient (Wildman–Crippen LogP) is 5.62. The van der Waals surface area contributed by atoms with Gasteiger partial charge in [-0.1, -0.05) is 30.3 Å². The van der Waals surface area contributed by atoms with Gasteiger partial charge in [-0.25, -0.2) is 14.8 Å². The molecule has 0 saturated carbocycles. The molecule has 1 aliphatic heterocycles. The van der Waals surface area contributed by atoms with E-state index in [1.807, 2.05) is 87.5 Å². The molecule has 43 heavy (non-hydrogen) atoms. The van der Waals surface area contributed by atoms with Crippen molar-refractivity contribution in [3.05, 3.63) is 78.5 Å². The summed E-state index contributed by atoms with van der Waals surface area (Å²) in [6.45, 7) is 8.79. The molecule has 10 nitrogen and oxygen atoms in total. The van der Waals surface area contributed by atoms with Gasteiger partial charge in [0.15, 0.2) is 11.6 Å². The smallest absolute Gasteiger partial charge is 0.435 e. The Morgan fingerprint density at radius 3 is 2.60 bits per heavy atom. The summed E-state index contributed by atoms with van der Waals surface area (Å²) >= 11 is 0. The van der Waals surface area contributed by atoms with Gasteiger partial charge in [-0.3, -0.25) is 9.69 Å². The van der Waals surface area contributed by atoms with E-state index in [-0.39, 0.29) is 5.78 Å². The van der Waals surface area contributed by atoms with Crippen molar-refractivity contribution in [1.29, 1.82) is 0 Å². The number of nitrogens with one attached hydrogen (secondary N) is 1. The lowest BCUT2D eigenvalue weighted by atomic mass is 10.0. The molecule has 1 aliphatic rings. The Bertz CT molecular complexity index is 1800. The molecule has 6 rings (SSSR count). The molecular formula is C33H34N6O4. The third-order valence-electron chi connectivity index (χ3n) is 7.09. The maximum absolute atomic E-state index is 12.8. The molecule has 2 aromatic heterocycles. The van der Waals surface area contributed by atoms with Gasteiger partial charge in [-0.05, 0) is 62.7 Å². The van der Waals surface area contributed by atoms with E-state index in [0.717, 1.165) is 46.2 Å². The van der Waals surface area contributed by atoms with E-state index < -0.39 is 11.7 Å². The number of carbonyl (C=O) groups is 2. The van der Waals surface area contributed by atoms with Crippen LogP contribution in [0.4, 0.5) is 16.3 Å². The van der Waals surface area contributed by atoms with Crippen LogP contribution < -0.4 is 5.32 Å². The van der Waals surface area contributed by atoms with Crippen molar-refractivity contribution in [3.8, 4) is 11.4 Å². The molecule has 0 radical (unpaired) electrons. The lowest BCUT2D eigenvalue weighted by Crippen LogP contribution is -2.39. The van der Waals surface area contributed by atoms with Gasteiger partial charge in [-0.15, -0.1) is 0 Å². The van der Waals surface area contributed by atoms with Crippen molar-refractivity contribution in [1.82, 2.24) is 24.6 Å². The number of hydrogen-bond acceptors (Lipinski definition) is 9. The van der Waals surface area contributed by atoms with Gasteiger partial charge >= 0.3 is 6.09 Å². The van der Waals surface area contributed by atoms with E-state index >= 15 is 0 Å². The fraction of sp³-hybridized carbons (Fsp3) is 0.303. The highest BCUT2D eigenvalue weighted by Gasteiger charge is 2.20. The monoisotopic (exact) mass is 578 g/mol. The van der Waals surface area contributed by atoms with Crippen LogP contribution in [0, 0.1) is 0 Å². The first-order valence-electron chi connectivity index (χ1n) is 14.4. The standard InChI is InChI=1S/C33H34N6O4/c1-33(2,3)43-32(41)39-29-12-11-25(19-24(29)20-34-39)35-31-27-9-4-5-10-28(27)36-30(37-31)23-8-6-7-22(17-23)18-26(40)21-38-13-15-42-16-14-38/h4-12,17,19-20H,13-16,18,21H2,1-3H3,(H,35,36,37). The van der Waals surface area contributed by atoms with Gasteiger partial charge in [0.25, 0.3) is 0 Å². The number of para-hydroxylation sites is 1. The van der Waals surface area contributed by atoms with Crippen molar-refractivity contribution in [2.45, 2.75) is 32.8 Å². The van der Waals surface area contributed by atoms with Gasteiger partial charge in [0.05, 0.1) is 37.0 Å². The van der Waals surface area contributed by atoms with Gasteiger partial charge in [0.1, 0.15) is 11.4 Å². The number of ether oxygens (including phenoxy) is 2. The third-order valence-corrected chi connectivity index (χ3v) is 7.09. The molecule has 0 amide bonds. The third kappa shape index (κ3) is 6.71. The molecule has 220 valence electrons. The minimum absolute atomic E-state index is 0.172. The average Bonchev–Trinajstić information content (AvgIpc) is 3.40. The molecular weight excluding hydrogens is 544 g/mol. The number of carbonyl (C=O) groups excluding carboxylic acids is 2. The molecule has 5 aromatic rings. The molecule has 0 aliphatic carbocycles. The Morgan fingerprint density at radius 2 is 1.79 bits per heavy atom. The van der Waals surface area contributed by atoms with Crippen molar-refractivity contribution in [2.75, 3.05) is 38.2 Å². The number of rotatable bonds is 7. The zero-order chi connectivity index (χ0) is 30.0. The second kappa shape index (κ2) is 11.9. The number of Topliss-reactive ketones (excluding diaryl/α,β-unsaturated/α-hetero) is 1. The molecule has 0 spiro atoms. The highest BCUT2D eigenvalue weighted by atomic mass is 16.6. The second-order valence-electron chi connectivity index (χ2n) is 11.7. The van der Waals surface area contributed by atoms with Crippen LogP contribution in [0.25, 0.3) is 33.2 Å². The molecule has 0 bridgehead atoms. The summed E-state index contributed by atoms with van der Waals surface area (Å²) in [7, 11) is 0. The van der Waals surface area contributed by atoms with Crippen LogP contribution in [0.3, 0.4) is 0 Å². The molecule has 0 unspecified atom stereocenters. The first-order valence-corrected chi connectivity index (χ1v) is 14.4. The molecule has 3 aromatic carbocycles. The first kappa shape index (κ1) is 28.4. The molecule has 10 heteroatoms. The van der Waals surface area contributed by atoms with Crippen LogP contribution in [-0.2, 0) is 20.7 Å². The van der Waals surface area contributed by atoms with Gasteiger partial charge < -0.3 is 14.8 Å². The van der Waals surface area contributed by atoms with Crippen LogP contribution >= 0.6 is 0 Å². The summed E-state index contributed by atoms with van der Waals surface area (Å²) < 4.78 is 12.1. The Labute approximate surface area is 249 Å². The SMILES string of the molecule is CC(C)(C)OC(=O)n1ncc2cc(Nc3nc(-c4cccc(CC(=O)CN5CCOCC5)c4)nc4ccccc34)ccc21. The summed E-state index contributed by atoms with van der Waals surface area (Å²) in [5.41, 5.74) is 3.36. The van der Waals surface area contributed by atoms with Crippen molar-refractivity contribution in [2.24, 2.45) is 0 Å². The lowest BCUT2D eigenvalue weighted by molar-refractivity contribution is -0.120. The summed E-state index contributed by atoms with van der Waals surface area (Å²) in [6.07, 6.45) is 1.46. The van der Waals surface area contributed by atoms with E-state index in [1.165, 1.54) is 4.68 Å². The van der Waals surface area contributed by atoms with Crippen molar-refractivity contribution in [3.63, 3.8) is 0 Å². The van der Waals surface area contributed by atoms with Gasteiger partial charge in [0.2, 0.25) is 0 Å². The average molecular weight is 579 g/mol. The Balaban J connectivity index is 1.26. The zero-order valence-electron chi connectivity index (χ0n) is 24.5. The number of aromatic nitrogens is 4. The van der Waals surface area contributed by atoms with E-state index in [9.17, 15) is 9.59 Å². The highest BCUT2D eigenvalue weighted by Crippen LogP contribution is 2.29. The van der Waals surface area contributed by atoms with E-state index in [1.54, 1.807) is 6.20 Å². The summed E-state index contributed by atoms with van der Waals surface area (Å²) in [6, 6.07) is 21.3. The fourth-order valence-electron chi connectivity index (χ4n) is 5.11. The Morgan fingerprint density at radius 1 is 0.977 bits per heavy atom. The van der Waals surface area contributed by atoms with Crippen molar-refractivity contribution >= 4 is 45.2 Å². The highest BCUT2D eigenvalue weighted by molar-refractivity contribution is 5.94. The molecule has 1 saturated heterocycles. The number of nitrogens with zero attached hydrogens (tertiary/aromatic N) is 5. The number of ketones is 1. The Kier molecular flexibility index (Phi) is 7.88. The Hall–Kier alpha value is -4.67. The summed E-state index contributed by atoms with van der Waals surface area (Å²) in [4.78, 5) is 37.3. The van der Waals surface area contributed by atoms with Crippen LogP contribution in [0.5, 0.6) is 0 Å². The number of morpholine rings is 1. The normalized spacial score (nSPS) is 14.2. The zero-order valence-corrected chi connectivity index (χ0v) is 24.5. The topological polar surface area (TPSA) is 111 Å². The van der Waals surface area contributed by atoms with E-state index in [0.29, 0.717) is 43.3 Å². The lowest BCUT2D eigenvalue weighted by Gasteiger charge is -2.25. The van der Waals surface area contributed by atoms with Crippen LogP contribution in [0.2, 0.25) is 0 Å². The van der Waals surface area contributed by atoms with Crippen molar-refractivity contribution < 1.29 is 19.1 Å². The first-order chi connectivity index (χ1) is 20.7. The molecule has 1 N–H and O–H groups in total. The quantitative estimate of drug-likeness (QED) is 0.263. The maximum Gasteiger partial charge on any atom is 0.435 e. The maximum atomic E-state index is 12.8. The van der Waals surface area contributed by atoms with Crippen LogP contribution in [0.1, 0.15) is 26.3 Å². The summed E-state index contributed by atoms with van der Waals surface area (Å²) in [5, 5.41) is 9.34. The number of benzene rings is 3. The molecule has 1 fully saturated rings. The summed E-state index contributed by atoms with van der Waals surface area (Å²) in [5.74, 6) is 1.38. The minimum atomic E-state index is -0.624. The number of hydrogen-bond donors (Lipinski definition) is 1. The van der Waals surface area contributed by atoms with Gasteiger partial charge in [-0.2, -0.15) is 9.78 Å². The molecule has 3 heterocycles. The van der Waals surface area contributed by atoms with Crippen LogP contribution in [0.15, 0.2) is 72.9 Å². The number of fused-ring (bicyclic) bond motifs is 2. The molecule has 0 atom stereocenters. The predicted molar refractivity (Wildman–Crippen MR) is 166 cm³/mol. The largest absolute Gasteiger partial charge is 0.442 e.